The number of nitrogens with two attached hydrogens (primary N) is 1. The number of aryl methyl sites for hydroxylation is 2. The van der Waals surface area contributed by atoms with Crippen molar-refractivity contribution >= 4 is 27.7 Å². The molecule has 2 aromatic rings. The number of rotatable bonds is 3. The Kier molecular flexibility index (Phi) is 4.32. The van der Waals surface area contributed by atoms with Crippen molar-refractivity contribution in [2.75, 3.05) is 12.8 Å². The van der Waals surface area contributed by atoms with Gasteiger partial charge in [-0.2, -0.15) is 0 Å². The van der Waals surface area contributed by atoms with Crippen molar-refractivity contribution in [2.45, 2.75) is 20.3 Å². The number of hydrogen-bond donors (Lipinski definition) is 1. The summed E-state index contributed by atoms with van der Waals surface area (Å²) in [5.41, 5.74) is 7.40. The van der Waals surface area contributed by atoms with Crippen molar-refractivity contribution in [3.63, 3.8) is 0 Å². The number of carbonyl (C=O) groups is 1. The van der Waals surface area contributed by atoms with E-state index in [4.69, 9.17) is 5.73 Å². The number of hydrogen-bond acceptors (Lipinski definition) is 4. The van der Waals surface area contributed by atoms with Crippen LogP contribution in [0.15, 0.2) is 16.6 Å². The first kappa shape index (κ1) is 15.5. The fraction of sp³-hybridized carbons (Fsp3) is 0.286. The summed E-state index contributed by atoms with van der Waals surface area (Å²) in [6.45, 7) is 3.71. The number of aromatic nitrogens is 2. The summed E-state index contributed by atoms with van der Waals surface area (Å²) in [5.74, 6) is -0.317. The van der Waals surface area contributed by atoms with Crippen LogP contribution >= 0.6 is 15.9 Å². The molecule has 0 unspecified atom stereocenters. The van der Waals surface area contributed by atoms with E-state index < -0.39 is 11.8 Å². The van der Waals surface area contributed by atoms with Crippen LogP contribution in [0.5, 0.6) is 0 Å². The minimum Gasteiger partial charge on any atom is -0.464 e. The van der Waals surface area contributed by atoms with Crippen molar-refractivity contribution in [3.05, 3.63) is 39.5 Å². The lowest BCUT2D eigenvalue weighted by atomic mass is 10.2. The molecule has 2 rings (SSSR count). The summed E-state index contributed by atoms with van der Waals surface area (Å²) in [6, 6.07) is 3.01. The first-order valence-corrected chi connectivity index (χ1v) is 7.11. The van der Waals surface area contributed by atoms with Gasteiger partial charge in [0.1, 0.15) is 17.5 Å². The third-order valence-electron chi connectivity index (χ3n) is 3.16. The number of ether oxygens (including phenoxy) is 1. The third kappa shape index (κ3) is 2.65. The summed E-state index contributed by atoms with van der Waals surface area (Å²) in [6.07, 6.45) is 0.540. The zero-order valence-electron chi connectivity index (χ0n) is 11.9. The van der Waals surface area contributed by atoms with Crippen molar-refractivity contribution < 1.29 is 13.9 Å². The molecule has 0 atom stereocenters. The van der Waals surface area contributed by atoms with E-state index in [1.807, 2.05) is 13.8 Å². The molecule has 2 N–H and O–H groups in total. The highest BCUT2D eigenvalue weighted by molar-refractivity contribution is 9.10. The van der Waals surface area contributed by atoms with Gasteiger partial charge in [-0.25, -0.2) is 14.2 Å². The maximum absolute atomic E-state index is 13.8. The van der Waals surface area contributed by atoms with Gasteiger partial charge in [-0.15, -0.1) is 0 Å². The van der Waals surface area contributed by atoms with Gasteiger partial charge >= 0.3 is 5.97 Å². The van der Waals surface area contributed by atoms with E-state index in [2.05, 4.69) is 25.7 Å². The van der Waals surface area contributed by atoms with Gasteiger partial charge in [-0.05, 0) is 40.5 Å². The van der Waals surface area contributed by atoms with Crippen molar-refractivity contribution in [1.82, 2.24) is 9.55 Å². The van der Waals surface area contributed by atoms with Gasteiger partial charge in [0.05, 0.1) is 17.3 Å². The molecule has 5 nitrogen and oxygen atoms in total. The van der Waals surface area contributed by atoms with Gasteiger partial charge in [0.25, 0.3) is 0 Å². The average Bonchev–Trinajstić information content (AvgIpc) is 2.79. The van der Waals surface area contributed by atoms with Crippen LogP contribution in [0.25, 0.3) is 5.69 Å². The maximum atomic E-state index is 13.8. The highest BCUT2D eigenvalue weighted by Crippen LogP contribution is 2.28. The number of anilines is 1. The molecule has 21 heavy (non-hydrogen) atoms. The Labute approximate surface area is 130 Å². The van der Waals surface area contributed by atoms with E-state index in [1.54, 1.807) is 10.6 Å². The van der Waals surface area contributed by atoms with E-state index in [-0.39, 0.29) is 11.5 Å². The molecule has 1 aromatic heterocycles. The van der Waals surface area contributed by atoms with E-state index in [1.165, 1.54) is 13.2 Å². The Hall–Kier alpha value is -1.89. The van der Waals surface area contributed by atoms with Crippen LogP contribution in [0.4, 0.5) is 10.2 Å². The molecule has 1 heterocycles. The molecule has 0 saturated heterocycles. The molecule has 1 aromatic carbocycles. The minimum absolute atomic E-state index is 0.0390. The van der Waals surface area contributed by atoms with Crippen LogP contribution in [0.1, 0.15) is 28.8 Å². The molecule has 0 aliphatic rings. The Bertz CT molecular complexity index is 713. The molecule has 0 bridgehead atoms. The van der Waals surface area contributed by atoms with Crippen LogP contribution < -0.4 is 5.73 Å². The van der Waals surface area contributed by atoms with E-state index in [9.17, 15) is 9.18 Å². The highest BCUT2D eigenvalue weighted by Gasteiger charge is 2.22. The zero-order chi connectivity index (χ0) is 15.7. The normalized spacial score (nSPS) is 10.7. The molecule has 0 aliphatic carbocycles. The first-order valence-electron chi connectivity index (χ1n) is 6.32. The second kappa shape index (κ2) is 5.85. The Morgan fingerprint density at radius 3 is 2.76 bits per heavy atom. The number of esters is 1. The van der Waals surface area contributed by atoms with Crippen LogP contribution in [0.3, 0.4) is 0 Å². The molecule has 0 amide bonds. The zero-order valence-corrected chi connectivity index (χ0v) is 13.5. The van der Waals surface area contributed by atoms with Crippen LogP contribution in [-0.4, -0.2) is 22.6 Å². The summed E-state index contributed by atoms with van der Waals surface area (Å²) in [4.78, 5) is 15.9. The summed E-state index contributed by atoms with van der Waals surface area (Å²) in [5, 5.41) is 0. The number of methoxy groups -OCH3 is 1. The van der Waals surface area contributed by atoms with Crippen molar-refractivity contribution in [2.24, 2.45) is 0 Å². The Balaban J connectivity index is 2.72. The Morgan fingerprint density at radius 1 is 1.52 bits per heavy atom. The van der Waals surface area contributed by atoms with Gasteiger partial charge in [0.15, 0.2) is 5.69 Å². The molecular formula is C14H15BrFN3O2. The summed E-state index contributed by atoms with van der Waals surface area (Å²) < 4.78 is 20.4. The molecule has 0 spiro atoms. The van der Waals surface area contributed by atoms with Crippen LogP contribution in [-0.2, 0) is 11.2 Å². The second-order valence-electron chi connectivity index (χ2n) is 4.50. The highest BCUT2D eigenvalue weighted by atomic mass is 79.9. The molecule has 0 aliphatic heterocycles. The molecule has 7 heteroatoms. The number of halogens is 2. The van der Waals surface area contributed by atoms with Crippen molar-refractivity contribution in [1.29, 1.82) is 0 Å². The standard InChI is InChI=1S/C14H15BrFN3O2/c1-4-11-18-12(14(20)21-3)13(17)19(11)10-6-9(16)8(15)5-7(10)2/h5-6H,4,17H2,1-3H3. The number of nitrogen functional groups attached to an aromatic ring is 1. The van der Waals surface area contributed by atoms with E-state index in [0.717, 1.165) is 5.56 Å². The fourth-order valence-electron chi connectivity index (χ4n) is 2.11. The van der Waals surface area contributed by atoms with Gasteiger partial charge in [-0.3, -0.25) is 4.57 Å². The first-order chi connectivity index (χ1) is 9.90. The van der Waals surface area contributed by atoms with Crippen molar-refractivity contribution in [3.8, 4) is 5.69 Å². The predicted octanol–water partition coefficient (Wildman–Crippen LogP) is 3.01. The Morgan fingerprint density at radius 2 is 2.19 bits per heavy atom. The largest absolute Gasteiger partial charge is 0.464 e. The second-order valence-corrected chi connectivity index (χ2v) is 5.35. The van der Waals surface area contributed by atoms with Crippen LogP contribution in [0.2, 0.25) is 0 Å². The van der Waals surface area contributed by atoms with E-state index in [0.29, 0.717) is 22.4 Å². The average molecular weight is 356 g/mol. The van der Waals surface area contributed by atoms with Gasteiger partial charge in [-0.1, -0.05) is 6.92 Å². The molecular weight excluding hydrogens is 341 g/mol. The van der Waals surface area contributed by atoms with Gasteiger partial charge in [0.2, 0.25) is 0 Å². The summed E-state index contributed by atoms with van der Waals surface area (Å²) >= 11 is 3.14. The molecule has 112 valence electrons. The topological polar surface area (TPSA) is 70.1 Å². The minimum atomic E-state index is -0.615. The predicted molar refractivity (Wildman–Crippen MR) is 81.1 cm³/mol. The molecule has 0 fully saturated rings. The quantitative estimate of drug-likeness (QED) is 0.859. The SMILES string of the molecule is CCc1nc(C(=O)OC)c(N)n1-c1cc(F)c(Br)cc1C. The number of imidazole rings is 1. The smallest absolute Gasteiger partial charge is 0.360 e. The van der Waals surface area contributed by atoms with E-state index >= 15 is 0 Å². The summed E-state index contributed by atoms with van der Waals surface area (Å²) in [7, 11) is 1.26. The molecule has 0 radical (unpaired) electrons. The molecule has 0 saturated carbocycles. The number of nitrogens with zero attached hydrogens (tertiary/aromatic N) is 2. The number of benzene rings is 1. The third-order valence-corrected chi connectivity index (χ3v) is 3.76. The lowest BCUT2D eigenvalue weighted by Gasteiger charge is -2.13. The lowest BCUT2D eigenvalue weighted by molar-refractivity contribution is 0.0596. The van der Waals surface area contributed by atoms with Gasteiger partial charge in [0, 0.05) is 6.42 Å². The van der Waals surface area contributed by atoms with Crippen LogP contribution in [0, 0.1) is 12.7 Å². The fourth-order valence-corrected chi connectivity index (χ4v) is 2.57. The monoisotopic (exact) mass is 355 g/mol. The number of carbonyl (C=O) groups excluding carboxylic acids is 1. The maximum Gasteiger partial charge on any atom is 0.360 e. The lowest BCUT2D eigenvalue weighted by Crippen LogP contribution is -2.09. The van der Waals surface area contributed by atoms with Gasteiger partial charge < -0.3 is 10.5 Å².